The highest BCUT2D eigenvalue weighted by molar-refractivity contribution is 6.34. The third-order valence-corrected chi connectivity index (χ3v) is 23.7. The molecule has 0 bridgehead atoms. The van der Waals surface area contributed by atoms with Crippen LogP contribution in [0.25, 0.3) is 44.1 Å². The van der Waals surface area contributed by atoms with E-state index in [0.717, 1.165) is 163 Å². The Labute approximate surface area is 626 Å². The summed E-state index contributed by atoms with van der Waals surface area (Å²) in [6.45, 7) is 8.09. The molecule has 19 rings (SSSR count). The summed E-state index contributed by atoms with van der Waals surface area (Å²) in [6.07, 6.45) is 23.6. The molecular formula is C69H81Cl7N26. The fraction of sp³-hybridized carbons (Fsp3) is 0.478. The summed E-state index contributed by atoms with van der Waals surface area (Å²) in [5.74, 6) is 11.6. The fourth-order valence-corrected chi connectivity index (χ4v) is 18.8. The van der Waals surface area contributed by atoms with Gasteiger partial charge in [-0.2, -0.15) is 0 Å². The van der Waals surface area contributed by atoms with E-state index < -0.39 is 0 Å². The summed E-state index contributed by atoms with van der Waals surface area (Å²) in [7, 11) is 8.59. The van der Waals surface area contributed by atoms with E-state index in [-0.39, 0.29) is 25.1 Å². The number of anilines is 7. The smallest absolute Gasteiger partial charge is 0.228 e. The quantitative estimate of drug-likeness (QED) is 0.0594. The number of fused-ring (bicyclic) bond motifs is 8. The number of nitrogens with one attached hydrogen (secondary N) is 5. The number of aromatic amines is 4. The number of hydrogen-bond acceptors (Lipinski definition) is 22. The minimum atomic E-state index is 0. The Kier molecular flexibility index (Phi) is 21.1. The van der Waals surface area contributed by atoms with E-state index >= 15 is 0 Å². The largest absolute Gasteiger partial charge is 0.356 e. The minimum absolute atomic E-state index is 0. The van der Waals surface area contributed by atoms with Crippen molar-refractivity contribution in [3.63, 3.8) is 0 Å². The van der Waals surface area contributed by atoms with Gasteiger partial charge < -0.3 is 59.6 Å². The molecule has 8 aliphatic rings. The summed E-state index contributed by atoms with van der Waals surface area (Å²) in [6, 6.07) is 15.2. The monoisotopic (exact) mass is 1520 g/mol. The van der Waals surface area contributed by atoms with Crippen molar-refractivity contribution in [1.29, 1.82) is 0 Å². The van der Waals surface area contributed by atoms with Crippen LogP contribution in [0.2, 0.25) is 31.0 Å². The summed E-state index contributed by atoms with van der Waals surface area (Å²) >= 11 is 36.1. The van der Waals surface area contributed by atoms with Gasteiger partial charge in [-0.05, 0) is 148 Å². The van der Waals surface area contributed by atoms with E-state index in [2.05, 4.69) is 164 Å². The van der Waals surface area contributed by atoms with E-state index in [9.17, 15) is 0 Å². The molecule has 0 aromatic carbocycles. The fourth-order valence-electron chi connectivity index (χ4n) is 17.5. The van der Waals surface area contributed by atoms with Crippen LogP contribution in [-0.2, 0) is 0 Å². The van der Waals surface area contributed by atoms with Crippen molar-refractivity contribution in [2.45, 2.75) is 83.0 Å². The van der Waals surface area contributed by atoms with Gasteiger partial charge in [0.25, 0.3) is 0 Å². The van der Waals surface area contributed by atoms with Gasteiger partial charge in [0, 0.05) is 135 Å². The molecule has 4 aliphatic carbocycles. The molecule has 0 radical (unpaired) electrons. The number of hydrogen-bond donors (Lipinski definition) is 5. The van der Waals surface area contributed by atoms with Gasteiger partial charge in [0.2, 0.25) is 17.2 Å². The molecule has 0 spiro atoms. The minimum Gasteiger partial charge on any atom is -0.356 e. The maximum absolute atomic E-state index is 6.04. The number of aromatic nitrogens is 18. The molecule has 102 heavy (non-hydrogen) atoms. The maximum atomic E-state index is 6.04. The van der Waals surface area contributed by atoms with Gasteiger partial charge in [-0.1, -0.05) is 65.4 Å². The maximum Gasteiger partial charge on any atom is 0.228 e. The van der Waals surface area contributed by atoms with Crippen molar-refractivity contribution in [3.8, 4) is 0 Å². The third kappa shape index (κ3) is 14.5. The van der Waals surface area contributed by atoms with Crippen molar-refractivity contribution >= 4 is 167 Å². The summed E-state index contributed by atoms with van der Waals surface area (Å²) < 4.78 is 0. The SMILES string of the molecule is C.CN(c1ncnc2[nH]ccc12)C1C[C@@H]2CN(c3cc(Cl)nc(Cl)n3)C[C@@H]2C1.CN(c1ncnc2[nH]ccc12)C1C[C@@H]2CN(c3nc(Cl)cc(Cl)n3)C[C@@H]2C1.CN(c1ncnc2[nH]ccc12)C1C[C@@H]2CN(c3nc(Cl)cc(Cl)n3)C[C@@H]2C1.CN(c1ncnc2[nH]ccc12)C1C[C@H]2CNC[C@H]2C1.Cl. The standard InChI is InChI=1S/3C18H19Cl2N7.C14H19N5.CH4.ClH/c1-26(17-13-2-3-21-16(13)22-9-23-17)12-4-10-7-27(8-11(10)5-12)15-6-14(19)24-18(20)25-15;2*1-26(17-13-2-3-21-16(13)22-9-23-17)12-4-10-7-27(8-11(10)5-12)18-24-14(19)6-15(20)25-18;1-19(11-4-9-6-15-7-10(9)5-11)14-12-2-3-16-13(12)17-8-18-14;;/h3*2-3,6,9-12H,4-5,7-8H2,1H3,(H,21,22,23);2-3,8-11,15H,4-7H2,1H3,(H,16,17,18);1H4;1H/t3*10-,11+,12?;9-,10+,11?;;. The molecule has 33 heteroatoms. The van der Waals surface area contributed by atoms with Crippen molar-refractivity contribution in [1.82, 2.24) is 95.0 Å². The van der Waals surface area contributed by atoms with Crippen molar-refractivity contribution in [3.05, 3.63) is 124 Å². The molecule has 15 heterocycles. The van der Waals surface area contributed by atoms with E-state index in [1.54, 1.807) is 43.5 Å². The molecule has 11 aromatic rings. The van der Waals surface area contributed by atoms with E-state index in [4.69, 9.17) is 69.6 Å². The second kappa shape index (κ2) is 30.2. The van der Waals surface area contributed by atoms with Gasteiger partial charge in [-0.15, -0.1) is 12.4 Å². The van der Waals surface area contributed by atoms with Gasteiger partial charge in [-0.25, -0.2) is 69.8 Å². The first-order valence-electron chi connectivity index (χ1n) is 34.2. The second-order valence-corrected chi connectivity index (χ2v) is 30.4. The number of rotatable bonds is 11. The topological polar surface area (TPSA) is 278 Å². The summed E-state index contributed by atoms with van der Waals surface area (Å²) in [5, 5.41) is 9.98. The Bertz CT molecular complexity index is 4230. The van der Waals surface area contributed by atoms with Gasteiger partial charge >= 0.3 is 0 Å². The Morgan fingerprint density at radius 1 is 0.353 bits per heavy atom. The van der Waals surface area contributed by atoms with Gasteiger partial charge in [0.1, 0.15) is 103 Å². The molecule has 4 saturated carbocycles. The second-order valence-electron chi connectivity index (χ2n) is 28.1. The Morgan fingerprint density at radius 3 is 0.922 bits per heavy atom. The predicted octanol–water partition coefficient (Wildman–Crippen LogP) is 12.7. The van der Waals surface area contributed by atoms with E-state index in [0.29, 0.717) is 97.3 Å². The van der Waals surface area contributed by atoms with Crippen molar-refractivity contribution in [2.24, 2.45) is 47.3 Å². The molecule has 12 atom stereocenters. The van der Waals surface area contributed by atoms with Crippen molar-refractivity contribution in [2.75, 3.05) is 115 Å². The van der Waals surface area contributed by atoms with Crippen LogP contribution in [-0.4, -0.2) is 194 Å². The average molecular weight is 1520 g/mol. The van der Waals surface area contributed by atoms with Crippen LogP contribution in [0.1, 0.15) is 58.8 Å². The van der Waals surface area contributed by atoms with Crippen molar-refractivity contribution < 1.29 is 0 Å². The zero-order valence-corrected chi connectivity index (χ0v) is 61.3. The first kappa shape index (κ1) is 71.3. The zero-order chi connectivity index (χ0) is 68.4. The van der Waals surface area contributed by atoms with E-state index in [1.165, 1.54) is 25.9 Å². The number of halogens is 7. The molecular weight excluding hydrogens is 1440 g/mol. The first-order valence-corrected chi connectivity index (χ1v) is 36.4. The number of nitrogens with zero attached hydrogens (tertiary/aromatic N) is 21. The highest BCUT2D eigenvalue weighted by atomic mass is 35.5. The van der Waals surface area contributed by atoms with Crippen LogP contribution in [0.5, 0.6) is 0 Å². The normalized spacial score (nSPS) is 25.1. The Morgan fingerprint density at radius 2 is 0.627 bits per heavy atom. The lowest BCUT2D eigenvalue weighted by atomic mass is 10.0. The van der Waals surface area contributed by atoms with Crippen LogP contribution in [0.4, 0.5) is 41.0 Å². The molecule has 11 aromatic heterocycles. The van der Waals surface area contributed by atoms with Crippen LogP contribution in [0, 0.1) is 47.3 Å². The molecule has 5 N–H and O–H groups in total. The Balaban J connectivity index is 0.000000115. The molecule has 4 aliphatic heterocycles. The lowest BCUT2D eigenvalue weighted by Crippen LogP contribution is -2.33. The lowest BCUT2D eigenvalue weighted by Gasteiger charge is -2.28. The Hall–Kier alpha value is -7.69. The molecule has 0 amide bonds. The molecule has 536 valence electrons. The lowest BCUT2D eigenvalue weighted by molar-refractivity contribution is 0.494. The molecule has 4 saturated heterocycles. The highest BCUT2D eigenvalue weighted by Gasteiger charge is 2.47. The van der Waals surface area contributed by atoms with Gasteiger partial charge in [0.05, 0.1) is 21.5 Å². The first-order chi connectivity index (χ1) is 48.6. The molecule has 8 fully saturated rings. The van der Waals surface area contributed by atoms with Gasteiger partial charge in [-0.3, -0.25) is 0 Å². The summed E-state index contributed by atoms with van der Waals surface area (Å²) in [4.78, 5) is 89.5. The number of H-pyrrole nitrogens is 4. The highest BCUT2D eigenvalue weighted by Crippen LogP contribution is 2.47. The van der Waals surface area contributed by atoms with Crippen LogP contribution < -0.4 is 39.6 Å². The molecule has 4 unspecified atom stereocenters. The third-order valence-electron chi connectivity index (χ3n) is 22.5. The van der Waals surface area contributed by atoms with E-state index in [1.807, 2.05) is 43.0 Å². The average Bonchev–Trinajstić information content (AvgIpc) is 1.64. The van der Waals surface area contributed by atoms with Gasteiger partial charge in [0.15, 0.2) is 0 Å². The van der Waals surface area contributed by atoms with Crippen LogP contribution >= 0.6 is 82.0 Å². The van der Waals surface area contributed by atoms with Crippen LogP contribution in [0.3, 0.4) is 0 Å². The molecule has 26 nitrogen and oxygen atoms in total. The van der Waals surface area contributed by atoms with Crippen LogP contribution in [0.15, 0.2) is 92.6 Å². The predicted molar refractivity (Wildman–Crippen MR) is 409 cm³/mol. The zero-order valence-electron chi connectivity index (χ0n) is 56.0. The summed E-state index contributed by atoms with van der Waals surface area (Å²) in [5.41, 5.74) is 3.57.